The topological polar surface area (TPSA) is 90.5 Å². The van der Waals surface area contributed by atoms with E-state index in [0.717, 1.165) is 31.1 Å². The maximum atomic E-state index is 12.3. The molecule has 3 rings (SSSR count). The Labute approximate surface area is 158 Å². The number of nitrogens with one attached hydrogen (secondary N) is 2. The van der Waals surface area contributed by atoms with Crippen molar-refractivity contribution in [2.24, 2.45) is 0 Å². The Balaban J connectivity index is 1.32. The van der Waals surface area contributed by atoms with Gasteiger partial charge in [0.1, 0.15) is 0 Å². The summed E-state index contributed by atoms with van der Waals surface area (Å²) in [4.78, 5) is 36.7. The highest BCUT2D eigenvalue weighted by Gasteiger charge is 2.22. The molecule has 1 aromatic rings. The zero-order chi connectivity index (χ0) is 18.2. The van der Waals surface area contributed by atoms with Gasteiger partial charge in [-0.25, -0.2) is 9.97 Å². The molecule has 0 spiro atoms. The molecule has 3 heterocycles. The number of thioether (sulfide) groups is 1. The van der Waals surface area contributed by atoms with Gasteiger partial charge in [-0.05, 0) is 6.07 Å². The van der Waals surface area contributed by atoms with Gasteiger partial charge in [-0.1, -0.05) is 0 Å². The maximum absolute atomic E-state index is 12.3. The standard InChI is InChI=1S/C17H26N6O2S/c24-15(12-14-13-26-11-6-18-14)19-5-2-16(25)22-7-9-23(10-8-22)17-20-3-1-4-21-17/h1,3-4,14,18H,2,5-13H2,(H,19,24). The minimum atomic E-state index is 0.0174. The Hall–Kier alpha value is -1.87. The van der Waals surface area contributed by atoms with Gasteiger partial charge in [0.15, 0.2) is 0 Å². The Morgan fingerprint density at radius 3 is 2.69 bits per heavy atom. The Morgan fingerprint density at radius 1 is 1.23 bits per heavy atom. The van der Waals surface area contributed by atoms with Crippen LogP contribution in [0.3, 0.4) is 0 Å². The van der Waals surface area contributed by atoms with Gasteiger partial charge >= 0.3 is 0 Å². The Bertz CT molecular complexity index is 588. The van der Waals surface area contributed by atoms with Crippen molar-refractivity contribution in [2.75, 3.05) is 55.7 Å². The van der Waals surface area contributed by atoms with E-state index in [1.165, 1.54) is 0 Å². The monoisotopic (exact) mass is 378 g/mol. The lowest BCUT2D eigenvalue weighted by molar-refractivity contribution is -0.131. The predicted octanol–water partition coefficient (Wildman–Crippen LogP) is -0.273. The summed E-state index contributed by atoms with van der Waals surface area (Å²) in [5.41, 5.74) is 0. The summed E-state index contributed by atoms with van der Waals surface area (Å²) >= 11 is 1.87. The van der Waals surface area contributed by atoms with Crippen molar-refractivity contribution in [1.82, 2.24) is 25.5 Å². The van der Waals surface area contributed by atoms with Crippen LogP contribution in [0.15, 0.2) is 18.5 Å². The van der Waals surface area contributed by atoms with E-state index in [-0.39, 0.29) is 17.9 Å². The minimum Gasteiger partial charge on any atom is -0.356 e. The van der Waals surface area contributed by atoms with Crippen LogP contribution in [0.4, 0.5) is 5.95 Å². The molecule has 0 aliphatic carbocycles. The molecule has 26 heavy (non-hydrogen) atoms. The van der Waals surface area contributed by atoms with Crippen molar-refractivity contribution < 1.29 is 9.59 Å². The molecule has 0 aromatic carbocycles. The summed E-state index contributed by atoms with van der Waals surface area (Å²) in [7, 11) is 0. The normalized spacial score (nSPS) is 20.7. The second-order valence-corrected chi connectivity index (χ2v) is 7.60. The third-order valence-electron chi connectivity index (χ3n) is 4.56. The third kappa shape index (κ3) is 5.57. The molecule has 0 radical (unpaired) electrons. The molecule has 2 aliphatic rings. The molecule has 9 heteroatoms. The number of carbonyl (C=O) groups is 2. The number of carbonyl (C=O) groups excluding carboxylic acids is 2. The number of hydrogen-bond donors (Lipinski definition) is 2. The number of amides is 2. The molecule has 2 amide bonds. The molecule has 0 saturated carbocycles. The average Bonchev–Trinajstić information content (AvgIpc) is 2.69. The highest BCUT2D eigenvalue weighted by Crippen LogP contribution is 2.11. The van der Waals surface area contributed by atoms with Crippen LogP contribution >= 0.6 is 11.8 Å². The van der Waals surface area contributed by atoms with Crippen LogP contribution in [0, 0.1) is 0 Å². The summed E-state index contributed by atoms with van der Waals surface area (Å²) in [6.45, 7) is 4.14. The quantitative estimate of drug-likeness (QED) is 0.704. The van der Waals surface area contributed by atoms with Crippen LogP contribution in [0.25, 0.3) is 0 Å². The van der Waals surface area contributed by atoms with E-state index in [1.807, 2.05) is 16.7 Å². The van der Waals surface area contributed by atoms with Crippen LogP contribution < -0.4 is 15.5 Å². The van der Waals surface area contributed by atoms with Crippen LogP contribution in [-0.2, 0) is 9.59 Å². The number of anilines is 1. The molecule has 1 atom stereocenters. The van der Waals surface area contributed by atoms with Gasteiger partial charge in [0.2, 0.25) is 17.8 Å². The molecule has 0 bridgehead atoms. The van der Waals surface area contributed by atoms with Gasteiger partial charge in [-0.15, -0.1) is 0 Å². The molecule has 2 N–H and O–H groups in total. The first-order chi connectivity index (χ1) is 12.7. The molecule has 1 aromatic heterocycles. The number of nitrogens with zero attached hydrogens (tertiary/aromatic N) is 4. The molecule has 2 aliphatic heterocycles. The van der Waals surface area contributed by atoms with Crippen LogP contribution in [0.2, 0.25) is 0 Å². The predicted molar refractivity (Wildman–Crippen MR) is 102 cm³/mol. The molecule has 142 valence electrons. The molecular weight excluding hydrogens is 352 g/mol. The molecule has 8 nitrogen and oxygen atoms in total. The highest BCUT2D eigenvalue weighted by atomic mass is 32.2. The van der Waals surface area contributed by atoms with Gasteiger partial charge in [0.05, 0.1) is 0 Å². The second kappa shape index (κ2) is 9.72. The summed E-state index contributed by atoms with van der Waals surface area (Å²) in [6.07, 6.45) is 4.28. The Kier molecular flexibility index (Phi) is 7.07. The van der Waals surface area contributed by atoms with E-state index in [9.17, 15) is 9.59 Å². The van der Waals surface area contributed by atoms with Crippen molar-refractivity contribution in [3.05, 3.63) is 18.5 Å². The molecule has 2 saturated heterocycles. The first-order valence-electron chi connectivity index (χ1n) is 9.10. The van der Waals surface area contributed by atoms with Crippen LogP contribution in [0.1, 0.15) is 12.8 Å². The van der Waals surface area contributed by atoms with Crippen LogP contribution in [0.5, 0.6) is 0 Å². The van der Waals surface area contributed by atoms with E-state index in [4.69, 9.17) is 0 Å². The first-order valence-corrected chi connectivity index (χ1v) is 10.3. The molecular formula is C17H26N6O2S. The second-order valence-electron chi connectivity index (χ2n) is 6.45. The smallest absolute Gasteiger partial charge is 0.225 e. The van der Waals surface area contributed by atoms with Crippen LogP contribution in [-0.4, -0.2) is 83.5 Å². The summed E-state index contributed by atoms with van der Waals surface area (Å²) in [6, 6.07) is 2.04. The lowest BCUT2D eigenvalue weighted by atomic mass is 10.2. The largest absolute Gasteiger partial charge is 0.356 e. The van der Waals surface area contributed by atoms with Gasteiger partial charge in [-0.3, -0.25) is 9.59 Å². The van der Waals surface area contributed by atoms with Crippen molar-refractivity contribution >= 4 is 29.5 Å². The summed E-state index contributed by atoms with van der Waals surface area (Å²) in [5.74, 6) is 2.90. The fourth-order valence-electron chi connectivity index (χ4n) is 3.12. The number of aromatic nitrogens is 2. The SMILES string of the molecule is O=C(CC1CSCCN1)NCCC(=O)N1CCN(c2ncccn2)CC1. The zero-order valence-corrected chi connectivity index (χ0v) is 15.7. The van der Waals surface area contributed by atoms with Gasteiger partial charge < -0.3 is 20.4 Å². The number of piperazine rings is 1. The van der Waals surface area contributed by atoms with E-state index < -0.39 is 0 Å². The zero-order valence-electron chi connectivity index (χ0n) is 14.9. The first kappa shape index (κ1) is 18.9. The van der Waals surface area contributed by atoms with E-state index in [1.54, 1.807) is 18.5 Å². The fraction of sp³-hybridized carbons (Fsp3) is 0.647. The van der Waals surface area contributed by atoms with Crippen molar-refractivity contribution in [3.63, 3.8) is 0 Å². The average molecular weight is 379 g/mol. The van der Waals surface area contributed by atoms with Crippen molar-refractivity contribution in [3.8, 4) is 0 Å². The lowest BCUT2D eigenvalue weighted by Crippen LogP contribution is -2.49. The van der Waals surface area contributed by atoms with E-state index >= 15 is 0 Å². The van der Waals surface area contributed by atoms with Gasteiger partial charge in [-0.2, -0.15) is 11.8 Å². The summed E-state index contributed by atoms with van der Waals surface area (Å²) in [5, 5.41) is 6.22. The van der Waals surface area contributed by atoms with Gasteiger partial charge in [0.25, 0.3) is 0 Å². The maximum Gasteiger partial charge on any atom is 0.225 e. The molecule has 2 fully saturated rings. The fourth-order valence-corrected chi connectivity index (χ4v) is 4.07. The summed E-state index contributed by atoms with van der Waals surface area (Å²) < 4.78 is 0. The van der Waals surface area contributed by atoms with Crippen molar-refractivity contribution in [1.29, 1.82) is 0 Å². The highest BCUT2D eigenvalue weighted by molar-refractivity contribution is 7.99. The lowest BCUT2D eigenvalue weighted by Gasteiger charge is -2.34. The number of hydrogen-bond acceptors (Lipinski definition) is 7. The minimum absolute atomic E-state index is 0.0174. The van der Waals surface area contributed by atoms with E-state index in [0.29, 0.717) is 38.4 Å². The van der Waals surface area contributed by atoms with E-state index in [2.05, 4.69) is 25.5 Å². The third-order valence-corrected chi connectivity index (χ3v) is 5.69. The molecule has 1 unspecified atom stereocenters. The number of rotatable bonds is 6. The van der Waals surface area contributed by atoms with Gasteiger partial charge in [0, 0.05) is 82.1 Å². The Morgan fingerprint density at radius 2 is 2.00 bits per heavy atom. The van der Waals surface area contributed by atoms with Crippen molar-refractivity contribution in [2.45, 2.75) is 18.9 Å².